The molecule has 2 amide bonds. The van der Waals surface area contributed by atoms with Gasteiger partial charge in [0.1, 0.15) is 11.6 Å². The van der Waals surface area contributed by atoms with Gasteiger partial charge in [0.2, 0.25) is 11.8 Å². The summed E-state index contributed by atoms with van der Waals surface area (Å²) in [7, 11) is 0. The van der Waals surface area contributed by atoms with Crippen LogP contribution in [0.4, 0.5) is 0 Å². The van der Waals surface area contributed by atoms with Crippen molar-refractivity contribution < 1.29 is 9.59 Å². The molecule has 0 radical (unpaired) electrons. The van der Waals surface area contributed by atoms with E-state index < -0.39 is 5.54 Å². The molecule has 2 unspecified atom stereocenters. The van der Waals surface area contributed by atoms with Crippen LogP contribution >= 0.6 is 0 Å². The summed E-state index contributed by atoms with van der Waals surface area (Å²) >= 11 is 0. The Morgan fingerprint density at radius 2 is 1.94 bits per heavy atom. The van der Waals surface area contributed by atoms with Gasteiger partial charge in [-0.3, -0.25) is 9.59 Å². The van der Waals surface area contributed by atoms with Crippen LogP contribution in [-0.2, 0) is 9.59 Å². The summed E-state index contributed by atoms with van der Waals surface area (Å²) < 4.78 is 0. The smallest absolute Gasteiger partial charge is 0.248 e. The van der Waals surface area contributed by atoms with Gasteiger partial charge in [0.05, 0.1) is 0 Å². The first-order valence-corrected chi connectivity index (χ1v) is 6.98. The molecule has 1 N–H and O–H groups in total. The van der Waals surface area contributed by atoms with Crippen molar-refractivity contribution in [2.75, 3.05) is 6.54 Å². The topological polar surface area (TPSA) is 49.4 Å². The van der Waals surface area contributed by atoms with E-state index in [2.05, 4.69) is 19.2 Å². The van der Waals surface area contributed by atoms with E-state index in [0.717, 1.165) is 19.3 Å². The van der Waals surface area contributed by atoms with Crippen LogP contribution in [0.3, 0.4) is 0 Å². The highest BCUT2D eigenvalue weighted by Gasteiger charge is 2.46. The average Bonchev–Trinajstić information content (AvgIpc) is 2.30. The first kappa shape index (κ1) is 15.0. The monoisotopic (exact) mass is 254 g/mol. The van der Waals surface area contributed by atoms with Crippen LogP contribution in [0.1, 0.15) is 53.9 Å². The van der Waals surface area contributed by atoms with Gasteiger partial charge in [0.25, 0.3) is 0 Å². The van der Waals surface area contributed by atoms with Gasteiger partial charge in [-0.05, 0) is 26.2 Å². The van der Waals surface area contributed by atoms with E-state index in [4.69, 9.17) is 0 Å². The molecular formula is C14H26N2O2. The second-order valence-corrected chi connectivity index (χ2v) is 5.80. The van der Waals surface area contributed by atoms with Crippen molar-refractivity contribution in [3.8, 4) is 0 Å². The van der Waals surface area contributed by atoms with Crippen LogP contribution in [0.15, 0.2) is 0 Å². The zero-order valence-corrected chi connectivity index (χ0v) is 12.2. The number of hydrogen-bond donors (Lipinski definition) is 1. The maximum absolute atomic E-state index is 12.4. The Morgan fingerprint density at radius 1 is 1.33 bits per heavy atom. The molecule has 0 aromatic heterocycles. The summed E-state index contributed by atoms with van der Waals surface area (Å²) in [5.74, 6) is 0.229. The molecule has 0 aliphatic carbocycles. The number of amides is 2. The van der Waals surface area contributed by atoms with Gasteiger partial charge in [0, 0.05) is 6.54 Å². The Bertz CT molecular complexity index is 326. The molecule has 0 aromatic rings. The Hall–Kier alpha value is -1.06. The fourth-order valence-corrected chi connectivity index (χ4v) is 2.42. The maximum atomic E-state index is 12.4. The van der Waals surface area contributed by atoms with Crippen LogP contribution in [0.2, 0.25) is 0 Å². The predicted octanol–water partition coefficient (Wildman–Crippen LogP) is 1.94. The van der Waals surface area contributed by atoms with E-state index in [1.54, 1.807) is 18.7 Å². The fraction of sp³-hybridized carbons (Fsp3) is 0.857. The van der Waals surface area contributed by atoms with Crippen LogP contribution in [-0.4, -0.2) is 34.8 Å². The van der Waals surface area contributed by atoms with Crippen LogP contribution in [0.5, 0.6) is 0 Å². The second kappa shape index (κ2) is 5.72. The number of carbonyl (C=O) groups is 2. The minimum atomic E-state index is -0.769. The fourth-order valence-electron chi connectivity index (χ4n) is 2.42. The lowest BCUT2D eigenvalue weighted by molar-refractivity contribution is -0.155. The van der Waals surface area contributed by atoms with E-state index in [9.17, 15) is 9.59 Å². The Labute approximate surface area is 110 Å². The van der Waals surface area contributed by atoms with Gasteiger partial charge in [-0.2, -0.15) is 0 Å². The lowest BCUT2D eigenvalue weighted by Gasteiger charge is -2.44. The largest absolute Gasteiger partial charge is 0.340 e. The zero-order chi connectivity index (χ0) is 13.9. The average molecular weight is 254 g/mol. The van der Waals surface area contributed by atoms with Crippen molar-refractivity contribution in [3.63, 3.8) is 0 Å². The zero-order valence-electron chi connectivity index (χ0n) is 12.2. The molecule has 4 heteroatoms. The van der Waals surface area contributed by atoms with Crippen molar-refractivity contribution >= 4 is 11.8 Å². The lowest BCUT2D eigenvalue weighted by atomic mass is 9.89. The van der Waals surface area contributed by atoms with Crippen molar-refractivity contribution in [2.24, 2.45) is 5.92 Å². The molecule has 1 fully saturated rings. The molecule has 0 spiro atoms. The van der Waals surface area contributed by atoms with E-state index >= 15 is 0 Å². The van der Waals surface area contributed by atoms with Gasteiger partial charge in [0.15, 0.2) is 0 Å². The molecule has 1 rings (SSSR count). The highest BCUT2D eigenvalue weighted by atomic mass is 16.2. The van der Waals surface area contributed by atoms with E-state index in [1.165, 1.54) is 0 Å². The summed E-state index contributed by atoms with van der Waals surface area (Å²) in [6.07, 6.45) is 2.87. The minimum absolute atomic E-state index is 0.00921. The molecule has 1 aliphatic heterocycles. The summed E-state index contributed by atoms with van der Waals surface area (Å²) in [6.45, 7) is 10.4. The van der Waals surface area contributed by atoms with Crippen molar-refractivity contribution in [3.05, 3.63) is 0 Å². The molecule has 0 aromatic carbocycles. The number of piperazine rings is 1. The summed E-state index contributed by atoms with van der Waals surface area (Å²) in [6, 6.07) is -0.304. The molecule has 1 aliphatic rings. The van der Waals surface area contributed by atoms with Crippen LogP contribution in [0.25, 0.3) is 0 Å². The number of unbranched alkanes of at least 4 members (excludes halogenated alkanes) is 1. The SMILES string of the molecule is CCCCN1C(=O)C(C)(C)NC(=O)C1C(C)CC. The molecule has 1 heterocycles. The van der Waals surface area contributed by atoms with Gasteiger partial charge < -0.3 is 10.2 Å². The quantitative estimate of drug-likeness (QED) is 0.815. The molecule has 4 nitrogen and oxygen atoms in total. The van der Waals surface area contributed by atoms with E-state index in [1.807, 2.05) is 6.92 Å². The summed E-state index contributed by atoms with van der Waals surface area (Å²) in [4.78, 5) is 26.5. The number of rotatable bonds is 5. The van der Waals surface area contributed by atoms with Gasteiger partial charge in [-0.25, -0.2) is 0 Å². The summed E-state index contributed by atoms with van der Waals surface area (Å²) in [5, 5.41) is 2.85. The highest BCUT2D eigenvalue weighted by Crippen LogP contribution is 2.24. The third-order valence-electron chi connectivity index (χ3n) is 3.77. The predicted molar refractivity (Wildman–Crippen MR) is 72.1 cm³/mol. The molecule has 2 atom stereocenters. The Kier molecular flexibility index (Phi) is 4.77. The number of hydrogen-bond acceptors (Lipinski definition) is 2. The van der Waals surface area contributed by atoms with E-state index in [-0.39, 0.29) is 23.8 Å². The number of nitrogens with one attached hydrogen (secondary N) is 1. The molecule has 104 valence electrons. The first-order chi connectivity index (χ1) is 8.35. The van der Waals surface area contributed by atoms with Gasteiger partial charge in [-0.1, -0.05) is 33.6 Å². The van der Waals surface area contributed by atoms with E-state index in [0.29, 0.717) is 6.54 Å². The van der Waals surface area contributed by atoms with Crippen LogP contribution in [0, 0.1) is 5.92 Å². The minimum Gasteiger partial charge on any atom is -0.340 e. The molecule has 1 saturated heterocycles. The van der Waals surface area contributed by atoms with Crippen molar-refractivity contribution in [1.29, 1.82) is 0 Å². The highest BCUT2D eigenvalue weighted by molar-refractivity contribution is 5.99. The third-order valence-corrected chi connectivity index (χ3v) is 3.77. The van der Waals surface area contributed by atoms with Crippen LogP contribution < -0.4 is 5.32 Å². The Morgan fingerprint density at radius 3 is 2.44 bits per heavy atom. The van der Waals surface area contributed by atoms with Gasteiger partial charge in [-0.15, -0.1) is 0 Å². The van der Waals surface area contributed by atoms with Crippen molar-refractivity contribution in [1.82, 2.24) is 10.2 Å². The second-order valence-electron chi connectivity index (χ2n) is 5.80. The molecule has 0 bridgehead atoms. The van der Waals surface area contributed by atoms with Crippen molar-refractivity contribution in [2.45, 2.75) is 65.5 Å². The molecular weight excluding hydrogens is 228 g/mol. The lowest BCUT2D eigenvalue weighted by Crippen LogP contribution is -2.69. The third kappa shape index (κ3) is 2.85. The number of carbonyl (C=O) groups excluding carboxylic acids is 2. The standard InChI is InChI=1S/C14H26N2O2/c1-6-8-9-16-11(10(3)7-2)12(17)15-14(4,5)13(16)18/h10-11H,6-9H2,1-5H3,(H,15,17). The normalized spacial score (nSPS) is 24.9. The first-order valence-electron chi connectivity index (χ1n) is 6.98. The Balaban J connectivity index is 2.98. The molecule has 0 saturated carbocycles. The number of nitrogens with zero attached hydrogens (tertiary/aromatic N) is 1. The van der Waals surface area contributed by atoms with Gasteiger partial charge >= 0.3 is 0 Å². The summed E-state index contributed by atoms with van der Waals surface area (Å²) in [5.41, 5.74) is -0.769. The molecule has 18 heavy (non-hydrogen) atoms. The maximum Gasteiger partial charge on any atom is 0.248 e.